The van der Waals surface area contributed by atoms with Gasteiger partial charge in [-0.25, -0.2) is 4.98 Å². The molecule has 0 radical (unpaired) electrons. The van der Waals surface area contributed by atoms with Crippen molar-refractivity contribution < 1.29 is 19.0 Å². The number of fused-ring (bicyclic) bond motifs is 1. The molecule has 0 saturated carbocycles. The summed E-state index contributed by atoms with van der Waals surface area (Å²) in [5, 5.41) is 2.85. The van der Waals surface area contributed by atoms with E-state index < -0.39 is 0 Å². The summed E-state index contributed by atoms with van der Waals surface area (Å²) in [4.78, 5) is 16.8. The minimum Gasteiger partial charge on any atom is -0.473 e. The molecule has 7 heteroatoms. The Morgan fingerprint density at radius 3 is 3.08 bits per heavy atom. The number of pyridine rings is 1. The predicted molar refractivity (Wildman–Crippen MR) is 91.1 cm³/mol. The second kappa shape index (κ2) is 6.60. The van der Waals surface area contributed by atoms with Crippen LogP contribution in [0.4, 0.5) is 5.69 Å². The lowest BCUT2D eigenvalue weighted by Gasteiger charge is -2.14. The summed E-state index contributed by atoms with van der Waals surface area (Å²) < 4.78 is 16.5. The highest BCUT2D eigenvalue weighted by Gasteiger charge is 2.22. The van der Waals surface area contributed by atoms with Crippen molar-refractivity contribution in [2.24, 2.45) is 0 Å². The number of carbonyl (C=O) groups is 1. The Bertz CT molecular complexity index is 762. The summed E-state index contributed by atoms with van der Waals surface area (Å²) in [7, 11) is 0. The molecule has 24 heavy (non-hydrogen) atoms. The zero-order valence-corrected chi connectivity index (χ0v) is 13.7. The van der Waals surface area contributed by atoms with Gasteiger partial charge in [-0.15, -0.1) is 0 Å². The van der Waals surface area contributed by atoms with Crippen LogP contribution in [-0.2, 0) is 0 Å². The minimum atomic E-state index is -0.261. The van der Waals surface area contributed by atoms with E-state index in [9.17, 15) is 4.79 Å². The lowest BCUT2D eigenvalue weighted by atomic mass is 10.2. The third kappa shape index (κ3) is 3.12. The quantitative estimate of drug-likeness (QED) is 0.920. The van der Waals surface area contributed by atoms with E-state index in [0.717, 1.165) is 17.9 Å². The molecule has 1 atom stereocenters. The van der Waals surface area contributed by atoms with Gasteiger partial charge in [0, 0.05) is 23.7 Å². The summed E-state index contributed by atoms with van der Waals surface area (Å²) >= 11 is 1.85. The number of thioether (sulfide) groups is 1. The van der Waals surface area contributed by atoms with Crippen LogP contribution in [0.15, 0.2) is 36.5 Å². The molecule has 6 nitrogen and oxygen atoms in total. The smallest absolute Gasteiger partial charge is 0.261 e. The largest absolute Gasteiger partial charge is 0.473 e. The van der Waals surface area contributed by atoms with Crippen molar-refractivity contribution in [3.63, 3.8) is 0 Å². The number of nitrogens with zero attached hydrogens (tertiary/aromatic N) is 1. The van der Waals surface area contributed by atoms with Crippen LogP contribution in [0.1, 0.15) is 16.8 Å². The Morgan fingerprint density at radius 1 is 1.29 bits per heavy atom. The molecule has 0 bridgehead atoms. The van der Waals surface area contributed by atoms with Crippen LogP contribution < -0.4 is 19.5 Å². The molecule has 1 amide bonds. The Hall–Kier alpha value is -2.41. The fourth-order valence-corrected chi connectivity index (χ4v) is 3.69. The van der Waals surface area contributed by atoms with E-state index in [0.29, 0.717) is 28.6 Å². The maximum Gasteiger partial charge on any atom is 0.261 e. The molecule has 1 saturated heterocycles. The van der Waals surface area contributed by atoms with Gasteiger partial charge in [-0.2, -0.15) is 11.8 Å². The van der Waals surface area contributed by atoms with Gasteiger partial charge in [0.25, 0.3) is 5.91 Å². The fraction of sp³-hybridized carbons (Fsp3) is 0.294. The van der Waals surface area contributed by atoms with E-state index in [1.165, 1.54) is 0 Å². The van der Waals surface area contributed by atoms with Gasteiger partial charge in [-0.1, -0.05) is 0 Å². The lowest BCUT2D eigenvalue weighted by Crippen LogP contribution is -2.20. The summed E-state index contributed by atoms with van der Waals surface area (Å²) in [6.45, 7) is 0.201. The van der Waals surface area contributed by atoms with Crippen LogP contribution in [0.2, 0.25) is 0 Å². The Kier molecular flexibility index (Phi) is 4.17. The average molecular weight is 344 g/mol. The zero-order chi connectivity index (χ0) is 16.4. The molecule has 0 spiro atoms. The maximum absolute atomic E-state index is 12.6. The van der Waals surface area contributed by atoms with Crippen LogP contribution in [0.25, 0.3) is 0 Å². The highest BCUT2D eigenvalue weighted by atomic mass is 32.2. The highest BCUT2D eigenvalue weighted by molar-refractivity contribution is 7.99. The molecule has 3 heterocycles. The Labute approximate surface area is 143 Å². The Balaban J connectivity index is 1.51. The highest BCUT2D eigenvalue weighted by Crippen LogP contribution is 2.34. The van der Waals surface area contributed by atoms with E-state index in [4.69, 9.17) is 14.2 Å². The number of amides is 1. The number of benzene rings is 1. The first-order valence-electron chi connectivity index (χ1n) is 7.70. The molecule has 4 rings (SSSR count). The number of aromatic nitrogens is 1. The van der Waals surface area contributed by atoms with Crippen molar-refractivity contribution in [1.29, 1.82) is 0 Å². The van der Waals surface area contributed by atoms with Gasteiger partial charge >= 0.3 is 0 Å². The number of hydrogen-bond donors (Lipinski definition) is 1. The first-order chi connectivity index (χ1) is 11.8. The molecule has 1 N–H and O–H groups in total. The van der Waals surface area contributed by atoms with Crippen molar-refractivity contribution in [1.82, 2.24) is 4.98 Å². The number of hydrogen-bond acceptors (Lipinski definition) is 6. The lowest BCUT2D eigenvalue weighted by molar-refractivity contribution is 0.101. The predicted octanol–water partition coefficient (Wildman–Crippen LogP) is 2.95. The molecule has 1 aromatic carbocycles. The summed E-state index contributed by atoms with van der Waals surface area (Å²) in [5.41, 5.74) is 1.06. The number of anilines is 1. The van der Waals surface area contributed by atoms with Crippen LogP contribution in [0.5, 0.6) is 17.4 Å². The van der Waals surface area contributed by atoms with Crippen molar-refractivity contribution >= 4 is 23.4 Å². The SMILES string of the molecule is O=C(Nc1ccc2c(c1)OCO2)c1cccnc1OC1CCSC1. The molecule has 0 aliphatic carbocycles. The van der Waals surface area contributed by atoms with Crippen molar-refractivity contribution in [3.05, 3.63) is 42.1 Å². The first-order valence-corrected chi connectivity index (χ1v) is 8.85. The van der Waals surface area contributed by atoms with Crippen molar-refractivity contribution in [2.45, 2.75) is 12.5 Å². The second-order valence-corrected chi connectivity index (χ2v) is 6.63. The minimum absolute atomic E-state index is 0.113. The van der Waals surface area contributed by atoms with E-state index in [2.05, 4.69) is 10.3 Å². The monoisotopic (exact) mass is 344 g/mol. The van der Waals surface area contributed by atoms with Crippen molar-refractivity contribution in [2.75, 3.05) is 23.6 Å². The first kappa shape index (κ1) is 15.1. The summed E-state index contributed by atoms with van der Waals surface area (Å²) in [6, 6.07) is 8.73. The summed E-state index contributed by atoms with van der Waals surface area (Å²) in [5.74, 6) is 3.43. The second-order valence-electron chi connectivity index (χ2n) is 5.48. The number of nitrogens with one attached hydrogen (secondary N) is 1. The van der Waals surface area contributed by atoms with Crippen LogP contribution in [-0.4, -0.2) is 35.3 Å². The van der Waals surface area contributed by atoms with Gasteiger partial charge < -0.3 is 19.5 Å². The molecular formula is C17H16N2O4S. The standard InChI is InChI=1S/C17H16N2O4S/c20-16(19-11-3-4-14-15(8-11)22-10-21-14)13-2-1-6-18-17(13)23-12-5-7-24-9-12/h1-4,6,8,12H,5,7,9-10H2,(H,19,20). The molecule has 2 aromatic rings. The van der Waals surface area contributed by atoms with Crippen molar-refractivity contribution in [3.8, 4) is 17.4 Å². The molecule has 1 aromatic heterocycles. The van der Waals surface area contributed by atoms with E-state index in [1.807, 2.05) is 11.8 Å². The van der Waals surface area contributed by atoms with E-state index in [-0.39, 0.29) is 18.8 Å². The van der Waals surface area contributed by atoms with Gasteiger partial charge in [0.1, 0.15) is 11.7 Å². The number of rotatable bonds is 4. The average Bonchev–Trinajstić information content (AvgIpc) is 3.26. The normalized spacial score (nSPS) is 18.4. The molecule has 2 aliphatic heterocycles. The fourth-order valence-electron chi connectivity index (χ4n) is 2.59. The van der Waals surface area contributed by atoms with Crippen LogP contribution in [0.3, 0.4) is 0 Å². The summed E-state index contributed by atoms with van der Waals surface area (Å²) in [6.07, 6.45) is 2.72. The number of carbonyl (C=O) groups excluding carboxylic acids is 1. The van der Waals surface area contributed by atoms with Gasteiger partial charge in [0.2, 0.25) is 12.7 Å². The van der Waals surface area contributed by atoms with E-state index in [1.54, 1.807) is 36.5 Å². The van der Waals surface area contributed by atoms with Gasteiger partial charge in [-0.05, 0) is 36.4 Å². The topological polar surface area (TPSA) is 69.7 Å². The third-order valence-electron chi connectivity index (χ3n) is 3.81. The van der Waals surface area contributed by atoms with Gasteiger partial charge in [0.15, 0.2) is 11.5 Å². The van der Waals surface area contributed by atoms with Gasteiger partial charge in [0.05, 0.1) is 0 Å². The molecule has 124 valence electrons. The number of ether oxygens (including phenoxy) is 3. The Morgan fingerprint density at radius 2 is 2.21 bits per heavy atom. The maximum atomic E-state index is 12.6. The molecule has 1 fully saturated rings. The molecular weight excluding hydrogens is 328 g/mol. The van der Waals surface area contributed by atoms with E-state index >= 15 is 0 Å². The van der Waals surface area contributed by atoms with Gasteiger partial charge in [-0.3, -0.25) is 4.79 Å². The molecule has 1 unspecified atom stereocenters. The molecule has 2 aliphatic rings. The van der Waals surface area contributed by atoms with Crippen LogP contribution >= 0.6 is 11.8 Å². The van der Waals surface area contributed by atoms with Crippen LogP contribution in [0, 0.1) is 0 Å². The third-order valence-corrected chi connectivity index (χ3v) is 4.94. The zero-order valence-electron chi connectivity index (χ0n) is 12.9.